The van der Waals surface area contributed by atoms with E-state index in [1.807, 2.05) is 6.08 Å². The van der Waals surface area contributed by atoms with Crippen molar-refractivity contribution in [2.24, 2.45) is 0 Å². The third-order valence-corrected chi connectivity index (χ3v) is 3.01. The van der Waals surface area contributed by atoms with Crippen molar-refractivity contribution in [2.75, 3.05) is 0 Å². The van der Waals surface area contributed by atoms with Crippen LogP contribution in [0.25, 0.3) is 0 Å². The molecule has 0 amide bonds. The Hall–Kier alpha value is -0.850. The Bertz CT molecular complexity index is 238. The van der Waals surface area contributed by atoms with Gasteiger partial charge in [0.2, 0.25) is 0 Å². The molecule has 0 saturated carbocycles. The molecular formula is C15H24O. The predicted octanol–water partition coefficient (Wildman–Crippen LogP) is 4.58. The van der Waals surface area contributed by atoms with E-state index in [4.69, 9.17) is 0 Å². The molecule has 0 radical (unpaired) electrons. The normalized spacial score (nSPS) is 25.4. The molecule has 0 aromatic carbocycles. The summed E-state index contributed by atoms with van der Waals surface area (Å²) in [7, 11) is 0. The molecule has 16 heavy (non-hydrogen) atoms. The van der Waals surface area contributed by atoms with Crippen LogP contribution in [0.15, 0.2) is 24.3 Å². The second kappa shape index (κ2) is 9.38. The van der Waals surface area contributed by atoms with Gasteiger partial charge in [0.15, 0.2) is 5.78 Å². The van der Waals surface area contributed by atoms with Crippen LogP contribution in [0.1, 0.15) is 64.2 Å². The highest BCUT2D eigenvalue weighted by Crippen LogP contribution is 2.10. The average Bonchev–Trinajstić information content (AvgIpc) is 2.29. The smallest absolute Gasteiger partial charge is 0.155 e. The number of ketones is 1. The van der Waals surface area contributed by atoms with E-state index in [0.717, 1.165) is 25.7 Å². The number of hydrogen-bond donors (Lipinski definition) is 0. The first kappa shape index (κ1) is 13.2. The molecule has 0 aliphatic heterocycles. The van der Waals surface area contributed by atoms with Crippen molar-refractivity contribution >= 4 is 5.78 Å². The number of carbonyl (C=O) groups is 1. The van der Waals surface area contributed by atoms with Crippen molar-refractivity contribution in [2.45, 2.75) is 64.2 Å². The summed E-state index contributed by atoms with van der Waals surface area (Å²) in [6.45, 7) is 0. The molecule has 90 valence electrons. The van der Waals surface area contributed by atoms with E-state index < -0.39 is 0 Å². The summed E-state index contributed by atoms with van der Waals surface area (Å²) in [6.07, 6.45) is 19.9. The van der Waals surface area contributed by atoms with Crippen LogP contribution in [-0.2, 0) is 4.79 Å². The maximum atomic E-state index is 11.4. The molecular weight excluding hydrogens is 196 g/mol. The standard InChI is InChI=1S/C15H24O/c16-15-13-11-9-7-5-3-1-2-4-6-8-10-12-14-15/h3,5,11,13H,1-2,4,6-10,12,14H2/b5-3+,13-11+. The maximum absolute atomic E-state index is 11.4. The number of carbonyl (C=O) groups excluding carboxylic acids is 1. The summed E-state index contributed by atoms with van der Waals surface area (Å²) >= 11 is 0. The van der Waals surface area contributed by atoms with Gasteiger partial charge < -0.3 is 0 Å². The van der Waals surface area contributed by atoms with Crippen LogP contribution in [0.2, 0.25) is 0 Å². The van der Waals surface area contributed by atoms with Crippen LogP contribution >= 0.6 is 0 Å². The van der Waals surface area contributed by atoms with E-state index in [1.54, 1.807) is 6.08 Å². The number of hydrogen-bond acceptors (Lipinski definition) is 1. The molecule has 1 aliphatic carbocycles. The molecule has 0 fully saturated rings. The molecule has 0 spiro atoms. The molecule has 1 rings (SSSR count). The highest BCUT2D eigenvalue weighted by Gasteiger charge is 1.97. The molecule has 0 bridgehead atoms. The highest BCUT2D eigenvalue weighted by molar-refractivity contribution is 5.89. The molecule has 1 aliphatic rings. The first-order chi connectivity index (χ1) is 7.89. The zero-order chi connectivity index (χ0) is 11.5. The van der Waals surface area contributed by atoms with Gasteiger partial charge >= 0.3 is 0 Å². The van der Waals surface area contributed by atoms with Gasteiger partial charge in [-0.2, -0.15) is 0 Å². The quantitative estimate of drug-likeness (QED) is 0.546. The topological polar surface area (TPSA) is 17.1 Å². The van der Waals surface area contributed by atoms with Crippen LogP contribution in [0.5, 0.6) is 0 Å². The fourth-order valence-corrected chi connectivity index (χ4v) is 1.99. The van der Waals surface area contributed by atoms with E-state index in [-0.39, 0.29) is 0 Å². The molecule has 0 N–H and O–H groups in total. The third kappa shape index (κ3) is 7.44. The molecule has 0 aromatic rings. The molecule has 1 heteroatoms. The Morgan fingerprint density at radius 2 is 1.31 bits per heavy atom. The Morgan fingerprint density at radius 1 is 0.688 bits per heavy atom. The molecule has 1 nitrogen and oxygen atoms in total. The van der Waals surface area contributed by atoms with Gasteiger partial charge in [-0.15, -0.1) is 0 Å². The highest BCUT2D eigenvalue weighted by atomic mass is 16.1. The SMILES string of the molecule is O=C1/C=C/CC/C=C/CCCCCCCC1. The predicted molar refractivity (Wildman–Crippen MR) is 69.5 cm³/mol. The Kier molecular flexibility index (Phi) is 7.75. The molecule has 0 aromatic heterocycles. The van der Waals surface area contributed by atoms with E-state index in [0.29, 0.717) is 5.78 Å². The van der Waals surface area contributed by atoms with Crippen LogP contribution in [0.4, 0.5) is 0 Å². The van der Waals surface area contributed by atoms with Gasteiger partial charge in [0.25, 0.3) is 0 Å². The molecule has 0 atom stereocenters. The van der Waals surface area contributed by atoms with Crippen molar-refractivity contribution in [1.29, 1.82) is 0 Å². The second-order valence-electron chi connectivity index (χ2n) is 4.58. The van der Waals surface area contributed by atoms with Gasteiger partial charge in [-0.1, -0.05) is 43.9 Å². The van der Waals surface area contributed by atoms with Crippen molar-refractivity contribution in [3.05, 3.63) is 24.3 Å². The Labute approximate surface area is 99.6 Å². The minimum absolute atomic E-state index is 0.304. The maximum Gasteiger partial charge on any atom is 0.155 e. The minimum atomic E-state index is 0.304. The van der Waals surface area contributed by atoms with E-state index in [2.05, 4.69) is 12.2 Å². The second-order valence-corrected chi connectivity index (χ2v) is 4.58. The van der Waals surface area contributed by atoms with Gasteiger partial charge in [-0.05, 0) is 38.2 Å². The lowest BCUT2D eigenvalue weighted by Crippen LogP contribution is -1.92. The summed E-state index contributed by atoms with van der Waals surface area (Å²) in [6, 6.07) is 0. The first-order valence-electron chi connectivity index (χ1n) is 6.74. The molecule has 0 unspecified atom stereocenters. The Balaban J connectivity index is 2.28. The van der Waals surface area contributed by atoms with Crippen LogP contribution in [0, 0.1) is 0 Å². The zero-order valence-electron chi connectivity index (χ0n) is 10.3. The van der Waals surface area contributed by atoms with Crippen molar-refractivity contribution in [3.8, 4) is 0 Å². The lowest BCUT2D eigenvalue weighted by molar-refractivity contribution is -0.114. The van der Waals surface area contributed by atoms with E-state index in [1.165, 1.54) is 38.5 Å². The van der Waals surface area contributed by atoms with Crippen LogP contribution < -0.4 is 0 Å². The van der Waals surface area contributed by atoms with Crippen LogP contribution in [-0.4, -0.2) is 5.78 Å². The van der Waals surface area contributed by atoms with Crippen molar-refractivity contribution < 1.29 is 4.79 Å². The number of rotatable bonds is 0. The fourth-order valence-electron chi connectivity index (χ4n) is 1.99. The summed E-state index contributed by atoms with van der Waals surface area (Å²) < 4.78 is 0. The summed E-state index contributed by atoms with van der Waals surface area (Å²) in [5, 5.41) is 0. The summed E-state index contributed by atoms with van der Waals surface area (Å²) in [5.41, 5.74) is 0. The van der Waals surface area contributed by atoms with Gasteiger partial charge in [-0.25, -0.2) is 0 Å². The van der Waals surface area contributed by atoms with Gasteiger partial charge in [0.1, 0.15) is 0 Å². The lowest BCUT2D eigenvalue weighted by Gasteiger charge is -1.99. The monoisotopic (exact) mass is 220 g/mol. The average molecular weight is 220 g/mol. The van der Waals surface area contributed by atoms with E-state index >= 15 is 0 Å². The minimum Gasteiger partial charge on any atom is -0.295 e. The summed E-state index contributed by atoms with van der Waals surface area (Å²) in [4.78, 5) is 11.4. The molecule has 0 saturated heterocycles. The van der Waals surface area contributed by atoms with Crippen LogP contribution in [0.3, 0.4) is 0 Å². The van der Waals surface area contributed by atoms with E-state index in [9.17, 15) is 4.79 Å². The van der Waals surface area contributed by atoms with Gasteiger partial charge in [0, 0.05) is 6.42 Å². The Morgan fingerprint density at radius 3 is 2.19 bits per heavy atom. The third-order valence-electron chi connectivity index (χ3n) is 3.01. The van der Waals surface area contributed by atoms with Gasteiger partial charge in [-0.3, -0.25) is 4.79 Å². The number of allylic oxidation sites excluding steroid dienone is 4. The first-order valence-corrected chi connectivity index (χ1v) is 6.74. The zero-order valence-corrected chi connectivity index (χ0v) is 10.3. The van der Waals surface area contributed by atoms with Gasteiger partial charge in [0.05, 0.1) is 0 Å². The fraction of sp³-hybridized carbons (Fsp3) is 0.667. The summed E-state index contributed by atoms with van der Waals surface area (Å²) in [5.74, 6) is 0.304. The largest absolute Gasteiger partial charge is 0.295 e. The molecule has 0 heterocycles. The van der Waals surface area contributed by atoms with Crippen molar-refractivity contribution in [1.82, 2.24) is 0 Å². The van der Waals surface area contributed by atoms with Crippen molar-refractivity contribution in [3.63, 3.8) is 0 Å². The lowest BCUT2D eigenvalue weighted by atomic mass is 10.1.